The van der Waals surface area contributed by atoms with E-state index in [0.29, 0.717) is 17.3 Å². The molecule has 0 spiro atoms. The number of nitrogens with two attached hydrogens (primary N) is 1. The number of methoxy groups -OCH3 is 1. The molecule has 5 nitrogen and oxygen atoms in total. The summed E-state index contributed by atoms with van der Waals surface area (Å²) in [5.74, 6) is 0.625. The van der Waals surface area contributed by atoms with Crippen molar-refractivity contribution in [2.75, 3.05) is 7.11 Å². The normalized spacial score (nSPS) is 10.4. The Bertz CT molecular complexity index is 497. The predicted molar refractivity (Wildman–Crippen MR) is 60.8 cm³/mol. The number of ether oxygens (including phenoxy) is 1. The highest BCUT2D eigenvalue weighted by Gasteiger charge is 2.07. The van der Waals surface area contributed by atoms with Crippen LogP contribution in [0.2, 0.25) is 5.02 Å². The standard InChI is InChI=1S/C10H11ClN4O/c1-16-10-3-2-7(4-9(10)11)15-8(5-12)6-13-14-15/h2-4,6H,5,12H2,1H3. The summed E-state index contributed by atoms with van der Waals surface area (Å²) < 4.78 is 6.72. The van der Waals surface area contributed by atoms with Crippen molar-refractivity contribution in [2.24, 2.45) is 5.73 Å². The Morgan fingerprint density at radius 3 is 2.94 bits per heavy atom. The van der Waals surface area contributed by atoms with E-state index in [0.717, 1.165) is 11.4 Å². The summed E-state index contributed by atoms with van der Waals surface area (Å²) in [4.78, 5) is 0. The van der Waals surface area contributed by atoms with Crippen molar-refractivity contribution < 1.29 is 4.74 Å². The summed E-state index contributed by atoms with van der Waals surface area (Å²) in [7, 11) is 1.57. The third-order valence-corrected chi connectivity index (χ3v) is 2.50. The van der Waals surface area contributed by atoms with Gasteiger partial charge in [-0.2, -0.15) is 0 Å². The van der Waals surface area contributed by atoms with Gasteiger partial charge in [-0.05, 0) is 18.2 Å². The molecule has 2 aromatic rings. The molecule has 1 heterocycles. The van der Waals surface area contributed by atoms with Crippen molar-refractivity contribution in [1.29, 1.82) is 0 Å². The monoisotopic (exact) mass is 238 g/mol. The molecular weight excluding hydrogens is 228 g/mol. The van der Waals surface area contributed by atoms with Crippen LogP contribution in [-0.4, -0.2) is 22.1 Å². The van der Waals surface area contributed by atoms with Gasteiger partial charge in [0.2, 0.25) is 0 Å². The molecule has 0 aliphatic heterocycles. The van der Waals surface area contributed by atoms with Crippen LogP contribution in [0.4, 0.5) is 0 Å². The second kappa shape index (κ2) is 4.51. The summed E-state index contributed by atoms with van der Waals surface area (Å²) >= 11 is 6.02. The highest BCUT2D eigenvalue weighted by molar-refractivity contribution is 6.32. The van der Waals surface area contributed by atoms with Crippen molar-refractivity contribution in [2.45, 2.75) is 6.54 Å². The van der Waals surface area contributed by atoms with E-state index < -0.39 is 0 Å². The van der Waals surface area contributed by atoms with Crippen molar-refractivity contribution in [3.63, 3.8) is 0 Å². The Balaban J connectivity index is 2.45. The average Bonchev–Trinajstić information content (AvgIpc) is 2.77. The van der Waals surface area contributed by atoms with Gasteiger partial charge in [0.1, 0.15) is 5.75 Å². The molecule has 0 radical (unpaired) electrons. The lowest BCUT2D eigenvalue weighted by molar-refractivity contribution is 0.415. The molecule has 0 bridgehead atoms. The Morgan fingerprint density at radius 2 is 2.31 bits per heavy atom. The number of aromatic nitrogens is 3. The van der Waals surface area contributed by atoms with Crippen LogP contribution in [0, 0.1) is 0 Å². The first kappa shape index (κ1) is 10.9. The van der Waals surface area contributed by atoms with Gasteiger partial charge in [0, 0.05) is 6.54 Å². The van der Waals surface area contributed by atoms with Gasteiger partial charge in [-0.3, -0.25) is 0 Å². The van der Waals surface area contributed by atoms with Crippen molar-refractivity contribution in [1.82, 2.24) is 15.0 Å². The molecule has 84 valence electrons. The number of hydrogen-bond donors (Lipinski definition) is 1. The van der Waals surface area contributed by atoms with Crippen LogP contribution in [0.25, 0.3) is 5.69 Å². The number of hydrogen-bond acceptors (Lipinski definition) is 4. The maximum Gasteiger partial charge on any atom is 0.137 e. The van der Waals surface area contributed by atoms with Crippen molar-refractivity contribution in [3.05, 3.63) is 35.1 Å². The predicted octanol–water partition coefficient (Wildman–Crippen LogP) is 1.39. The fourth-order valence-electron chi connectivity index (χ4n) is 1.40. The van der Waals surface area contributed by atoms with E-state index in [1.54, 1.807) is 30.1 Å². The van der Waals surface area contributed by atoms with Gasteiger partial charge < -0.3 is 10.5 Å². The van der Waals surface area contributed by atoms with Gasteiger partial charge in [0.25, 0.3) is 0 Å². The van der Waals surface area contributed by atoms with Crippen LogP contribution >= 0.6 is 11.6 Å². The molecule has 6 heteroatoms. The molecule has 0 aliphatic carbocycles. The second-order valence-corrected chi connectivity index (χ2v) is 3.57. The fraction of sp³-hybridized carbons (Fsp3) is 0.200. The van der Waals surface area contributed by atoms with Crippen LogP contribution in [0.3, 0.4) is 0 Å². The van der Waals surface area contributed by atoms with Gasteiger partial charge in [0.05, 0.1) is 29.7 Å². The molecule has 0 saturated heterocycles. The molecular formula is C10H11ClN4O. The molecule has 1 aromatic heterocycles. The van der Waals surface area contributed by atoms with Crippen LogP contribution in [-0.2, 0) is 6.54 Å². The van der Waals surface area contributed by atoms with Crippen LogP contribution in [0.5, 0.6) is 5.75 Å². The zero-order chi connectivity index (χ0) is 11.5. The molecule has 0 aliphatic rings. The summed E-state index contributed by atoms with van der Waals surface area (Å²) in [6.07, 6.45) is 1.62. The number of benzene rings is 1. The Hall–Kier alpha value is -1.59. The first-order valence-corrected chi connectivity index (χ1v) is 5.07. The zero-order valence-electron chi connectivity index (χ0n) is 8.72. The Morgan fingerprint density at radius 1 is 1.50 bits per heavy atom. The lowest BCUT2D eigenvalue weighted by Gasteiger charge is -2.07. The van der Waals surface area contributed by atoms with E-state index >= 15 is 0 Å². The van der Waals surface area contributed by atoms with Gasteiger partial charge in [-0.1, -0.05) is 16.8 Å². The Kier molecular flexibility index (Phi) is 3.07. The lowest BCUT2D eigenvalue weighted by Crippen LogP contribution is -2.06. The SMILES string of the molecule is COc1ccc(-n2nncc2CN)cc1Cl. The molecule has 2 rings (SSSR count). The smallest absolute Gasteiger partial charge is 0.137 e. The first-order valence-electron chi connectivity index (χ1n) is 4.70. The van der Waals surface area contributed by atoms with Gasteiger partial charge in [-0.25, -0.2) is 4.68 Å². The largest absolute Gasteiger partial charge is 0.495 e. The van der Waals surface area contributed by atoms with E-state index in [1.165, 1.54) is 0 Å². The first-order chi connectivity index (χ1) is 7.76. The minimum absolute atomic E-state index is 0.372. The van der Waals surface area contributed by atoms with E-state index in [2.05, 4.69) is 10.3 Å². The number of halogens is 1. The fourth-order valence-corrected chi connectivity index (χ4v) is 1.65. The van der Waals surface area contributed by atoms with Crippen molar-refractivity contribution >= 4 is 11.6 Å². The molecule has 0 amide bonds. The summed E-state index contributed by atoms with van der Waals surface area (Å²) in [6.45, 7) is 0.372. The molecule has 0 unspecified atom stereocenters. The second-order valence-electron chi connectivity index (χ2n) is 3.16. The maximum atomic E-state index is 6.02. The zero-order valence-corrected chi connectivity index (χ0v) is 9.48. The highest BCUT2D eigenvalue weighted by Crippen LogP contribution is 2.26. The third-order valence-electron chi connectivity index (χ3n) is 2.21. The van der Waals surface area contributed by atoms with E-state index in [9.17, 15) is 0 Å². The van der Waals surface area contributed by atoms with E-state index in [4.69, 9.17) is 22.1 Å². The van der Waals surface area contributed by atoms with Crippen LogP contribution in [0.1, 0.15) is 5.69 Å². The summed E-state index contributed by atoms with van der Waals surface area (Å²) in [5, 5.41) is 8.27. The lowest BCUT2D eigenvalue weighted by atomic mass is 10.3. The summed E-state index contributed by atoms with van der Waals surface area (Å²) in [6, 6.07) is 5.38. The molecule has 0 fully saturated rings. The molecule has 0 atom stereocenters. The Labute approximate surface area is 97.8 Å². The third kappa shape index (κ3) is 1.87. The van der Waals surface area contributed by atoms with Gasteiger partial charge in [0.15, 0.2) is 0 Å². The minimum atomic E-state index is 0.372. The molecule has 16 heavy (non-hydrogen) atoms. The molecule has 0 saturated carbocycles. The van der Waals surface area contributed by atoms with Crippen molar-refractivity contribution in [3.8, 4) is 11.4 Å². The minimum Gasteiger partial charge on any atom is -0.495 e. The number of rotatable bonds is 3. The van der Waals surface area contributed by atoms with Crippen LogP contribution in [0.15, 0.2) is 24.4 Å². The molecule has 2 N–H and O–H groups in total. The van der Waals surface area contributed by atoms with Gasteiger partial charge >= 0.3 is 0 Å². The maximum absolute atomic E-state index is 6.02. The van der Waals surface area contributed by atoms with Crippen LogP contribution < -0.4 is 10.5 Å². The number of nitrogens with zero attached hydrogens (tertiary/aromatic N) is 3. The molecule has 1 aromatic carbocycles. The summed E-state index contributed by atoms with van der Waals surface area (Å²) in [5.41, 5.74) is 7.20. The topological polar surface area (TPSA) is 66.0 Å². The van der Waals surface area contributed by atoms with E-state index in [1.807, 2.05) is 6.07 Å². The highest BCUT2D eigenvalue weighted by atomic mass is 35.5. The average molecular weight is 239 g/mol. The van der Waals surface area contributed by atoms with Gasteiger partial charge in [-0.15, -0.1) is 5.10 Å². The quantitative estimate of drug-likeness (QED) is 0.878. The van der Waals surface area contributed by atoms with E-state index in [-0.39, 0.29) is 0 Å².